The second kappa shape index (κ2) is 11.9. The van der Waals surface area contributed by atoms with E-state index in [0.29, 0.717) is 0 Å². The highest BCUT2D eigenvalue weighted by molar-refractivity contribution is 5.90. The molecular formula is C25H41N3O4. The molecule has 3 amide bonds. The lowest BCUT2D eigenvalue weighted by molar-refractivity contribution is -0.142. The Morgan fingerprint density at radius 3 is 2.19 bits per heavy atom. The molecule has 180 valence electrons. The van der Waals surface area contributed by atoms with E-state index in [4.69, 9.17) is 4.74 Å². The predicted octanol–water partition coefficient (Wildman–Crippen LogP) is 4.41. The van der Waals surface area contributed by atoms with Crippen LogP contribution in [0.3, 0.4) is 0 Å². The molecule has 0 radical (unpaired) electrons. The first kappa shape index (κ1) is 27.5. The lowest BCUT2D eigenvalue weighted by Crippen LogP contribution is -2.51. The summed E-state index contributed by atoms with van der Waals surface area (Å²) in [5.41, 5.74) is 2.24. The van der Waals surface area contributed by atoms with Gasteiger partial charge in [-0.3, -0.25) is 9.59 Å². The number of ether oxygens (including phenoxy) is 1. The molecule has 2 N–H and O–H groups in total. The molecule has 0 aliphatic rings. The van der Waals surface area contributed by atoms with E-state index in [1.165, 1.54) is 4.90 Å². The van der Waals surface area contributed by atoms with Crippen LogP contribution in [0.2, 0.25) is 0 Å². The highest BCUT2D eigenvalue weighted by Crippen LogP contribution is 2.26. The molecule has 7 heteroatoms. The van der Waals surface area contributed by atoms with E-state index in [0.717, 1.165) is 29.5 Å². The summed E-state index contributed by atoms with van der Waals surface area (Å²) in [6.45, 7) is 16.8. The number of aryl methyl sites for hydroxylation is 2. The Labute approximate surface area is 193 Å². The monoisotopic (exact) mass is 447 g/mol. The Kier molecular flexibility index (Phi) is 10.2. The van der Waals surface area contributed by atoms with Gasteiger partial charge in [-0.15, -0.1) is 0 Å². The van der Waals surface area contributed by atoms with Crippen molar-refractivity contribution in [1.29, 1.82) is 0 Å². The molecule has 0 aromatic heterocycles. The molecule has 1 aromatic carbocycles. The van der Waals surface area contributed by atoms with Gasteiger partial charge in [0.15, 0.2) is 0 Å². The van der Waals surface area contributed by atoms with Gasteiger partial charge in [0.2, 0.25) is 11.8 Å². The van der Waals surface area contributed by atoms with Crippen LogP contribution < -0.4 is 10.6 Å². The van der Waals surface area contributed by atoms with Gasteiger partial charge < -0.3 is 20.3 Å². The first-order valence-electron chi connectivity index (χ1n) is 11.4. The summed E-state index contributed by atoms with van der Waals surface area (Å²) in [5.74, 6) is -0.582. The normalized spacial score (nSPS) is 13.3. The van der Waals surface area contributed by atoms with Crippen LogP contribution in [0.25, 0.3) is 0 Å². The van der Waals surface area contributed by atoms with Crippen molar-refractivity contribution in [3.05, 3.63) is 34.9 Å². The van der Waals surface area contributed by atoms with Crippen molar-refractivity contribution >= 4 is 17.9 Å². The Bertz CT molecular complexity index is 799. The molecule has 1 rings (SSSR count). The number of hydrogen-bond acceptors (Lipinski definition) is 4. The van der Waals surface area contributed by atoms with Gasteiger partial charge >= 0.3 is 6.09 Å². The van der Waals surface area contributed by atoms with Crippen LogP contribution in [0.1, 0.15) is 84.0 Å². The third kappa shape index (κ3) is 8.52. The molecule has 0 aliphatic heterocycles. The largest absolute Gasteiger partial charge is 0.444 e. The van der Waals surface area contributed by atoms with Crippen LogP contribution in [-0.4, -0.2) is 47.0 Å². The number of carbonyl (C=O) groups excluding carboxylic acids is 3. The van der Waals surface area contributed by atoms with E-state index < -0.39 is 17.7 Å². The summed E-state index contributed by atoms with van der Waals surface area (Å²) in [7, 11) is 0. The smallest absolute Gasteiger partial charge is 0.408 e. The molecule has 0 fully saturated rings. The summed E-state index contributed by atoms with van der Waals surface area (Å²) in [6.07, 6.45) is 1.13. The quantitative estimate of drug-likeness (QED) is 0.587. The maximum Gasteiger partial charge on any atom is 0.408 e. The molecule has 0 spiro atoms. The third-order valence-corrected chi connectivity index (χ3v) is 5.11. The molecule has 7 nitrogen and oxygen atoms in total. The minimum atomic E-state index is -0.804. The van der Waals surface area contributed by atoms with E-state index in [9.17, 15) is 14.4 Å². The third-order valence-electron chi connectivity index (χ3n) is 5.11. The Hall–Kier alpha value is -2.57. The topological polar surface area (TPSA) is 87.7 Å². The number of rotatable bonds is 9. The van der Waals surface area contributed by atoms with E-state index in [1.807, 2.05) is 52.8 Å². The van der Waals surface area contributed by atoms with Crippen molar-refractivity contribution in [1.82, 2.24) is 15.5 Å². The highest BCUT2D eigenvalue weighted by atomic mass is 16.6. The van der Waals surface area contributed by atoms with Crippen molar-refractivity contribution < 1.29 is 19.1 Å². The first-order chi connectivity index (χ1) is 14.8. The summed E-state index contributed by atoms with van der Waals surface area (Å²) in [6, 6.07) is 4.73. The van der Waals surface area contributed by atoms with Crippen LogP contribution in [0, 0.1) is 13.8 Å². The lowest BCUT2D eigenvalue weighted by atomic mass is 9.97. The average Bonchev–Trinajstić information content (AvgIpc) is 2.64. The Balaban J connectivity index is 3.23. The van der Waals surface area contributed by atoms with Crippen LogP contribution >= 0.6 is 0 Å². The zero-order valence-electron chi connectivity index (χ0n) is 21.2. The van der Waals surface area contributed by atoms with E-state index in [-0.39, 0.29) is 30.4 Å². The minimum Gasteiger partial charge on any atom is -0.444 e. The molecule has 2 atom stereocenters. The zero-order chi connectivity index (χ0) is 24.6. The van der Waals surface area contributed by atoms with Gasteiger partial charge in [0.1, 0.15) is 18.2 Å². The number of carbonyl (C=O) groups is 3. The van der Waals surface area contributed by atoms with Crippen molar-refractivity contribution in [2.24, 2.45) is 0 Å². The second-order valence-corrected chi connectivity index (χ2v) is 9.69. The minimum absolute atomic E-state index is 0.00875. The fourth-order valence-corrected chi connectivity index (χ4v) is 3.48. The lowest BCUT2D eigenvalue weighted by Gasteiger charge is -2.35. The standard InChI is InChI=1S/C25H41N3O4/c1-10-11-19(6)27-23(30)22(20-13-12-17(4)18(5)14-20)28(16(2)3)21(29)15-26-24(31)32-25(7,8)9/h12-14,16,19,22H,10-11,15H2,1-9H3,(H,26,31)(H,27,30). The summed E-state index contributed by atoms with van der Waals surface area (Å²) >= 11 is 0. The van der Waals surface area contributed by atoms with Crippen molar-refractivity contribution in [2.75, 3.05) is 6.54 Å². The van der Waals surface area contributed by atoms with E-state index in [1.54, 1.807) is 20.8 Å². The van der Waals surface area contributed by atoms with E-state index >= 15 is 0 Å². The van der Waals surface area contributed by atoms with Gasteiger partial charge in [0.25, 0.3) is 0 Å². The van der Waals surface area contributed by atoms with Gasteiger partial charge in [-0.1, -0.05) is 31.5 Å². The fraction of sp³-hybridized carbons (Fsp3) is 0.640. The molecule has 32 heavy (non-hydrogen) atoms. The SMILES string of the molecule is CCCC(C)NC(=O)C(c1ccc(C)c(C)c1)N(C(=O)CNC(=O)OC(C)(C)C)C(C)C. The predicted molar refractivity (Wildman–Crippen MR) is 127 cm³/mol. The Morgan fingerprint density at radius 2 is 1.69 bits per heavy atom. The molecule has 0 saturated heterocycles. The van der Waals surface area contributed by atoms with Crippen molar-refractivity contribution in [2.45, 2.75) is 98.9 Å². The molecule has 0 aliphatic carbocycles. The van der Waals surface area contributed by atoms with Gasteiger partial charge in [-0.2, -0.15) is 0 Å². The van der Waals surface area contributed by atoms with Crippen molar-refractivity contribution in [3.63, 3.8) is 0 Å². The summed E-state index contributed by atoms with van der Waals surface area (Å²) in [4.78, 5) is 40.2. The number of amides is 3. The second-order valence-electron chi connectivity index (χ2n) is 9.69. The number of nitrogens with zero attached hydrogens (tertiary/aromatic N) is 1. The summed E-state index contributed by atoms with van der Waals surface area (Å²) in [5, 5.41) is 5.57. The van der Waals surface area contributed by atoms with Crippen molar-refractivity contribution in [3.8, 4) is 0 Å². The van der Waals surface area contributed by atoms with Gasteiger partial charge in [0.05, 0.1) is 0 Å². The maximum atomic E-state index is 13.4. The Morgan fingerprint density at radius 1 is 1.06 bits per heavy atom. The van der Waals surface area contributed by atoms with Crippen LogP contribution in [-0.2, 0) is 14.3 Å². The number of benzene rings is 1. The first-order valence-corrected chi connectivity index (χ1v) is 11.4. The molecule has 0 bridgehead atoms. The number of alkyl carbamates (subject to hydrolysis) is 1. The molecule has 2 unspecified atom stereocenters. The molecule has 0 heterocycles. The highest BCUT2D eigenvalue weighted by Gasteiger charge is 2.34. The number of hydrogen-bond donors (Lipinski definition) is 2. The number of nitrogens with one attached hydrogen (secondary N) is 2. The zero-order valence-corrected chi connectivity index (χ0v) is 21.2. The molecular weight excluding hydrogens is 406 g/mol. The molecule has 0 saturated carbocycles. The van der Waals surface area contributed by atoms with Crippen LogP contribution in [0.5, 0.6) is 0 Å². The van der Waals surface area contributed by atoms with Gasteiger partial charge in [0, 0.05) is 12.1 Å². The van der Waals surface area contributed by atoms with E-state index in [2.05, 4.69) is 17.6 Å². The summed E-state index contributed by atoms with van der Waals surface area (Å²) < 4.78 is 5.23. The molecule has 1 aromatic rings. The van der Waals surface area contributed by atoms with Crippen LogP contribution in [0.15, 0.2) is 18.2 Å². The van der Waals surface area contributed by atoms with Gasteiger partial charge in [-0.05, 0) is 78.5 Å². The van der Waals surface area contributed by atoms with Gasteiger partial charge in [-0.25, -0.2) is 4.79 Å². The fourth-order valence-electron chi connectivity index (χ4n) is 3.48. The van der Waals surface area contributed by atoms with Crippen LogP contribution in [0.4, 0.5) is 4.79 Å². The maximum absolute atomic E-state index is 13.4. The average molecular weight is 448 g/mol.